The monoisotopic (exact) mass is 266 g/mol. The lowest BCUT2D eigenvalue weighted by Gasteiger charge is -2.10. The van der Waals surface area contributed by atoms with Crippen molar-refractivity contribution < 1.29 is 12.9 Å². The topological polar surface area (TPSA) is 86.2 Å². The summed E-state index contributed by atoms with van der Waals surface area (Å²) in [6.07, 6.45) is 2.67. The molecule has 0 radical (unpaired) electrons. The van der Waals surface area contributed by atoms with Crippen molar-refractivity contribution in [2.75, 3.05) is 12.0 Å². The molecule has 2 N–H and O–H groups in total. The van der Waals surface area contributed by atoms with Crippen LogP contribution in [0.5, 0.6) is 0 Å². The number of rotatable bonds is 2. The molecule has 0 aliphatic rings. The minimum atomic E-state index is -3.26. The Labute approximate surface area is 106 Å². The van der Waals surface area contributed by atoms with Crippen molar-refractivity contribution in [1.82, 2.24) is 5.16 Å². The van der Waals surface area contributed by atoms with Crippen LogP contribution in [-0.2, 0) is 9.84 Å². The van der Waals surface area contributed by atoms with Gasteiger partial charge in [-0.25, -0.2) is 8.42 Å². The lowest BCUT2D eigenvalue weighted by atomic mass is 9.99. The van der Waals surface area contributed by atoms with Crippen LogP contribution in [0.25, 0.3) is 11.1 Å². The smallest absolute Gasteiger partial charge is 0.229 e. The normalized spacial score (nSPS) is 11.7. The van der Waals surface area contributed by atoms with Gasteiger partial charge in [-0.3, -0.25) is 0 Å². The van der Waals surface area contributed by atoms with Crippen molar-refractivity contribution in [3.8, 4) is 11.1 Å². The standard InChI is InChI=1S/C12H14N2O3S/c1-7-4-9(18(3,15)16)5-10(8(7)2)11-6-14-17-12(11)13/h4-6H,13H2,1-3H3. The number of nitrogen functional groups attached to an aromatic ring is 1. The molecule has 0 bridgehead atoms. The van der Waals surface area contributed by atoms with E-state index in [2.05, 4.69) is 5.16 Å². The van der Waals surface area contributed by atoms with E-state index in [1.54, 1.807) is 12.1 Å². The number of aromatic nitrogens is 1. The van der Waals surface area contributed by atoms with Gasteiger partial charge in [0, 0.05) is 6.26 Å². The van der Waals surface area contributed by atoms with Gasteiger partial charge in [0.15, 0.2) is 9.84 Å². The summed E-state index contributed by atoms with van der Waals surface area (Å²) in [7, 11) is -3.26. The molecule has 0 amide bonds. The molecule has 0 unspecified atom stereocenters. The molecule has 96 valence electrons. The summed E-state index contributed by atoms with van der Waals surface area (Å²) in [5.74, 6) is 0.183. The van der Waals surface area contributed by atoms with E-state index in [4.69, 9.17) is 10.3 Å². The van der Waals surface area contributed by atoms with Crippen LogP contribution in [-0.4, -0.2) is 19.8 Å². The minimum absolute atomic E-state index is 0.183. The summed E-state index contributed by atoms with van der Waals surface area (Å²) < 4.78 is 28.1. The SMILES string of the molecule is Cc1cc(S(C)(=O)=O)cc(-c2cnoc2N)c1C. The molecule has 1 heterocycles. The van der Waals surface area contributed by atoms with Crippen molar-refractivity contribution >= 4 is 15.7 Å². The van der Waals surface area contributed by atoms with Gasteiger partial charge in [-0.1, -0.05) is 5.16 Å². The van der Waals surface area contributed by atoms with Crippen molar-refractivity contribution in [3.63, 3.8) is 0 Å². The fraction of sp³-hybridized carbons (Fsp3) is 0.250. The largest absolute Gasteiger partial charge is 0.367 e. The average Bonchev–Trinajstić information content (AvgIpc) is 2.67. The summed E-state index contributed by atoms with van der Waals surface area (Å²) in [5, 5.41) is 3.61. The Morgan fingerprint density at radius 1 is 1.22 bits per heavy atom. The molecule has 0 spiro atoms. The van der Waals surface area contributed by atoms with E-state index in [-0.39, 0.29) is 10.8 Å². The summed E-state index contributed by atoms with van der Waals surface area (Å²) in [4.78, 5) is 0.265. The highest BCUT2D eigenvalue weighted by molar-refractivity contribution is 7.90. The highest BCUT2D eigenvalue weighted by atomic mass is 32.2. The molecular weight excluding hydrogens is 252 g/mol. The fourth-order valence-corrected chi connectivity index (χ4v) is 2.49. The Hall–Kier alpha value is -1.82. The Bertz CT molecular complexity index is 702. The molecule has 0 saturated carbocycles. The third-order valence-electron chi connectivity index (χ3n) is 2.96. The maximum atomic E-state index is 11.6. The van der Waals surface area contributed by atoms with E-state index in [0.29, 0.717) is 5.56 Å². The molecule has 0 atom stereocenters. The molecular formula is C12H14N2O3S. The number of anilines is 1. The van der Waals surface area contributed by atoms with Gasteiger partial charge >= 0.3 is 0 Å². The lowest BCUT2D eigenvalue weighted by Crippen LogP contribution is -2.00. The van der Waals surface area contributed by atoms with Crippen LogP contribution >= 0.6 is 0 Å². The van der Waals surface area contributed by atoms with Crippen LogP contribution in [0.15, 0.2) is 27.7 Å². The Kier molecular flexibility index (Phi) is 2.90. The maximum Gasteiger partial charge on any atom is 0.229 e. The van der Waals surface area contributed by atoms with Gasteiger partial charge in [0.1, 0.15) is 0 Å². The van der Waals surface area contributed by atoms with E-state index >= 15 is 0 Å². The molecule has 1 aromatic carbocycles. The average molecular weight is 266 g/mol. The molecule has 6 heteroatoms. The van der Waals surface area contributed by atoms with Gasteiger partial charge in [0.25, 0.3) is 0 Å². The predicted octanol–water partition coefficient (Wildman–Crippen LogP) is 1.94. The highest BCUT2D eigenvalue weighted by Gasteiger charge is 2.16. The van der Waals surface area contributed by atoms with Crippen LogP contribution in [0.3, 0.4) is 0 Å². The van der Waals surface area contributed by atoms with Crippen molar-refractivity contribution in [2.24, 2.45) is 0 Å². The predicted molar refractivity (Wildman–Crippen MR) is 68.9 cm³/mol. The third-order valence-corrected chi connectivity index (χ3v) is 4.05. The Morgan fingerprint density at radius 3 is 2.39 bits per heavy atom. The second-order valence-corrected chi connectivity index (χ2v) is 6.30. The zero-order valence-corrected chi connectivity index (χ0v) is 11.2. The molecule has 0 aliphatic heterocycles. The molecule has 0 aliphatic carbocycles. The summed E-state index contributed by atoms with van der Waals surface area (Å²) in [6, 6.07) is 3.25. The molecule has 0 saturated heterocycles. The first-order chi connectivity index (χ1) is 8.30. The van der Waals surface area contributed by atoms with Crippen molar-refractivity contribution in [3.05, 3.63) is 29.5 Å². The zero-order valence-electron chi connectivity index (χ0n) is 10.4. The van der Waals surface area contributed by atoms with E-state index in [1.165, 1.54) is 12.5 Å². The van der Waals surface area contributed by atoms with E-state index in [1.807, 2.05) is 13.8 Å². The fourth-order valence-electron chi connectivity index (χ4n) is 1.77. The van der Waals surface area contributed by atoms with Gasteiger partial charge in [-0.15, -0.1) is 0 Å². The van der Waals surface area contributed by atoms with E-state index < -0.39 is 9.84 Å². The first-order valence-corrected chi connectivity index (χ1v) is 7.21. The summed E-state index contributed by atoms with van der Waals surface area (Å²) >= 11 is 0. The highest BCUT2D eigenvalue weighted by Crippen LogP contribution is 2.32. The number of hydrogen-bond acceptors (Lipinski definition) is 5. The van der Waals surface area contributed by atoms with Crippen molar-refractivity contribution in [1.29, 1.82) is 0 Å². The van der Waals surface area contributed by atoms with Crippen LogP contribution in [0.2, 0.25) is 0 Å². The van der Waals surface area contributed by atoms with Crippen LogP contribution in [0, 0.1) is 13.8 Å². The van der Waals surface area contributed by atoms with Gasteiger partial charge in [0.2, 0.25) is 5.88 Å². The molecule has 2 rings (SSSR count). The summed E-state index contributed by atoms with van der Waals surface area (Å²) in [6.45, 7) is 3.76. The minimum Gasteiger partial charge on any atom is -0.367 e. The number of aryl methyl sites for hydroxylation is 1. The van der Waals surface area contributed by atoms with Crippen molar-refractivity contribution in [2.45, 2.75) is 18.7 Å². The van der Waals surface area contributed by atoms with Gasteiger partial charge in [-0.05, 0) is 42.7 Å². The Balaban J connectivity index is 2.76. The molecule has 0 fully saturated rings. The maximum absolute atomic E-state index is 11.6. The van der Waals surface area contributed by atoms with E-state index in [9.17, 15) is 8.42 Å². The van der Waals surface area contributed by atoms with Crippen LogP contribution in [0.4, 0.5) is 5.88 Å². The van der Waals surface area contributed by atoms with Crippen LogP contribution in [0.1, 0.15) is 11.1 Å². The Morgan fingerprint density at radius 2 is 1.89 bits per heavy atom. The number of hydrogen-bond donors (Lipinski definition) is 1. The van der Waals surface area contributed by atoms with Gasteiger partial charge < -0.3 is 10.3 Å². The second-order valence-electron chi connectivity index (χ2n) is 4.29. The quantitative estimate of drug-likeness (QED) is 0.897. The van der Waals surface area contributed by atoms with Crippen LogP contribution < -0.4 is 5.73 Å². The molecule has 1 aromatic heterocycles. The molecule has 18 heavy (non-hydrogen) atoms. The third kappa shape index (κ3) is 2.11. The van der Waals surface area contributed by atoms with Gasteiger partial charge in [0.05, 0.1) is 16.7 Å². The first-order valence-electron chi connectivity index (χ1n) is 5.32. The number of benzene rings is 1. The number of nitrogens with two attached hydrogens (primary N) is 1. The molecule has 2 aromatic rings. The van der Waals surface area contributed by atoms with E-state index in [0.717, 1.165) is 16.7 Å². The first kappa shape index (κ1) is 12.6. The van der Waals surface area contributed by atoms with Gasteiger partial charge in [-0.2, -0.15) is 0 Å². The zero-order chi connectivity index (χ0) is 13.5. The second kappa shape index (κ2) is 4.13. The number of nitrogens with zero attached hydrogens (tertiary/aromatic N) is 1. The molecule has 5 nitrogen and oxygen atoms in total. The number of sulfone groups is 1. The summed E-state index contributed by atoms with van der Waals surface area (Å²) in [5.41, 5.74) is 8.85. The lowest BCUT2D eigenvalue weighted by molar-refractivity contribution is 0.436.